The molecular formula is C12H19ClN2. The highest BCUT2D eigenvalue weighted by Crippen LogP contribution is 2.35. The van der Waals surface area contributed by atoms with Gasteiger partial charge in [-0.05, 0) is 36.8 Å². The van der Waals surface area contributed by atoms with E-state index in [1.807, 2.05) is 0 Å². The van der Waals surface area contributed by atoms with Crippen LogP contribution in [0, 0.1) is 0 Å². The third-order valence-electron chi connectivity index (χ3n) is 3.62. The van der Waals surface area contributed by atoms with Gasteiger partial charge in [-0.15, -0.1) is 12.4 Å². The van der Waals surface area contributed by atoms with Crippen molar-refractivity contribution in [2.75, 3.05) is 13.1 Å². The molecule has 2 N–H and O–H groups in total. The first kappa shape index (κ1) is 10.9. The number of halogens is 1. The van der Waals surface area contributed by atoms with Gasteiger partial charge in [0.05, 0.1) is 0 Å². The summed E-state index contributed by atoms with van der Waals surface area (Å²) < 4.78 is 0. The minimum atomic E-state index is 0. The van der Waals surface area contributed by atoms with E-state index in [2.05, 4.69) is 10.6 Å². The third-order valence-corrected chi connectivity index (χ3v) is 3.62. The lowest BCUT2D eigenvalue weighted by atomic mass is 9.85. The highest BCUT2D eigenvalue weighted by Gasteiger charge is 2.23. The average Bonchev–Trinajstić information content (AvgIpc) is 2.26. The zero-order chi connectivity index (χ0) is 9.38. The Labute approximate surface area is 97.6 Å². The molecule has 3 heteroatoms. The summed E-state index contributed by atoms with van der Waals surface area (Å²) >= 11 is 0. The van der Waals surface area contributed by atoms with Gasteiger partial charge in [-0.25, -0.2) is 0 Å². The molecule has 0 aromatic carbocycles. The summed E-state index contributed by atoms with van der Waals surface area (Å²) in [6.07, 6.45) is 7.69. The summed E-state index contributed by atoms with van der Waals surface area (Å²) in [7, 11) is 0. The van der Waals surface area contributed by atoms with Crippen molar-refractivity contribution < 1.29 is 0 Å². The smallest absolute Gasteiger partial charge is 0.0147 e. The molecule has 0 spiro atoms. The number of rotatable bonds is 0. The van der Waals surface area contributed by atoms with E-state index in [0.29, 0.717) is 0 Å². The molecule has 0 atom stereocenters. The first-order valence-corrected chi connectivity index (χ1v) is 5.83. The SMILES string of the molecule is C1CNC2=C(C1)CC1=C(CCCN1)C2.Cl. The predicted octanol–water partition coefficient (Wildman–Crippen LogP) is 2.48. The molecule has 0 radical (unpaired) electrons. The van der Waals surface area contributed by atoms with Gasteiger partial charge in [0, 0.05) is 37.3 Å². The van der Waals surface area contributed by atoms with Crippen molar-refractivity contribution >= 4 is 12.4 Å². The maximum absolute atomic E-state index is 3.57. The van der Waals surface area contributed by atoms with Crippen LogP contribution in [-0.2, 0) is 0 Å². The van der Waals surface area contributed by atoms with E-state index < -0.39 is 0 Å². The van der Waals surface area contributed by atoms with Crippen molar-refractivity contribution in [3.63, 3.8) is 0 Å². The van der Waals surface area contributed by atoms with E-state index in [-0.39, 0.29) is 12.4 Å². The van der Waals surface area contributed by atoms with Gasteiger partial charge in [0.25, 0.3) is 0 Å². The van der Waals surface area contributed by atoms with Crippen LogP contribution in [0.1, 0.15) is 38.5 Å². The summed E-state index contributed by atoms with van der Waals surface area (Å²) in [5.74, 6) is 0. The van der Waals surface area contributed by atoms with E-state index in [1.165, 1.54) is 51.6 Å². The zero-order valence-corrected chi connectivity index (χ0v) is 9.88. The maximum Gasteiger partial charge on any atom is 0.0147 e. The molecule has 0 aromatic heterocycles. The second kappa shape index (κ2) is 4.48. The Morgan fingerprint density at radius 1 is 0.733 bits per heavy atom. The fraction of sp³-hybridized carbons (Fsp3) is 0.667. The lowest BCUT2D eigenvalue weighted by Crippen LogP contribution is -2.30. The summed E-state index contributed by atoms with van der Waals surface area (Å²) in [4.78, 5) is 0. The van der Waals surface area contributed by atoms with Crippen LogP contribution in [0.5, 0.6) is 0 Å². The topological polar surface area (TPSA) is 24.1 Å². The van der Waals surface area contributed by atoms with Crippen LogP contribution < -0.4 is 10.6 Å². The third kappa shape index (κ3) is 2.00. The van der Waals surface area contributed by atoms with Crippen molar-refractivity contribution in [1.82, 2.24) is 10.6 Å². The Hall–Kier alpha value is -0.630. The molecule has 0 saturated heterocycles. The van der Waals surface area contributed by atoms with Gasteiger partial charge in [0.1, 0.15) is 0 Å². The number of hydrogen-bond donors (Lipinski definition) is 2. The minimum Gasteiger partial charge on any atom is -0.388 e. The number of nitrogens with one attached hydrogen (secondary N) is 2. The van der Waals surface area contributed by atoms with E-state index in [1.54, 1.807) is 22.5 Å². The van der Waals surface area contributed by atoms with Gasteiger partial charge >= 0.3 is 0 Å². The summed E-state index contributed by atoms with van der Waals surface area (Å²) in [5, 5.41) is 7.14. The van der Waals surface area contributed by atoms with Gasteiger partial charge in [0.15, 0.2) is 0 Å². The van der Waals surface area contributed by atoms with Crippen molar-refractivity contribution in [2.45, 2.75) is 38.5 Å². The van der Waals surface area contributed by atoms with E-state index in [9.17, 15) is 0 Å². The van der Waals surface area contributed by atoms with Gasteiger partial charge in [-0.1, -0.05) is 0 Å². The van der Waals surface area contributed by atoms with Crippen LogP contribution in [0.2, 0.25) is 0 Å². The monoisotopic (exact) mass is 226 g/mol. The van der Waals surface area contributed by atoms with Crippen molar-refractivity contribution in [2.24, 2.45) is 0 Å². The second-order valence-electron chi connectivity index (χ2n) is 4.58. The summed E-state index contributed by atoms with van der Waals surface area (Å²) in [6.45, 7) is 2.38. The van der Waals surface area contributed by atoms with E-state index in [4.69, 9.17) is 0 Å². The minimum absolute atomic E-state index is 0. The summed E-state index contributed by atoms with van der Waals surface area (Å²) in [6, 6.07) is 0. The molecule has 0 amide bonds. The highest BCUT2D eigenvalue weighted by atomic mass is 35.5. The van der Waals surface area contributed by atoms with Gasteiger partial charge in [-0.2, -0.15) is 0 Å². The first-order valence-electron chi connectivity index (χ1n) is 5.83. The van der Waals surface area contributed by atoms with Crippen LogP contribution in [0.25, 0.3) is 0 Å². The molecule has 1 aliphatic carbocycles. The Kier molecular flexibility index (Phi) is 3.25. The molecule has 2 aliphatic heterocycles. The molecule has 3 aliphatic rings. The van der Waals surface area contributed by atoms with E-state index in [0.717, 1.165) is 0 Å². The lowest BCUT2D eigenvalue weighted by molar-refractivity contribution is 0.562. The fourth-order valence-electron chi connectivity index (χ4n) is 2.83. The van der Waals surface area contributed by atoms with Crippen molar-refractivity contribution in [3.05, 3.63) is 22.5 Å². The maximum atomic E-state index is 3.57. The zero-order valence-electron chi connectivity index (χ0n) is 9.07. The quantitative estimate of drug-likeness (QED) is 0.663. The normalized spacial score (nSPS) is 24.5. The van der Waals surface area contributed by atoms with Gasteiger partial charge < -0.3 is 10.6 Å². The van der Waals surface area contributed by atoms with Crippen molar-refractivity contribution in [1.29, 1.82) is 0 Å². The number of allylic oxidation sites excluding steroid dienone is 2. The first-order chi connectivity index (χ1) is 6.93. The molecule has 0 fully saturated rings. The van der Waals surface area contributed by atoms with Crippen LogP contribution in [0.15, 0.2) is 22.5 Å². The molecule has 2 heterocycles. The predicted molar refractivity (Wildman–Crippen MR) is 65.0 cm³/mol. The molecule has 0 bridgehead atoms. The van der Waals surface area contributed by atoms with Crippen molar-refractivity contribution in [3.8, 4) is 0 Å². The molecule has 15 heavy (non-hydrogen) atoms. The molecule has 0 saturated carbocycles. The standard InChI is InChI=1S/C12H18N2.ClH/c1-3-9-7-12-10(4-2-6-14-12)8-11(9)13-5-1;/h13-14H,1-8H2;1H. The molecule has 2 nitrogen and oxygen atoms in total. The molecular weight excluding hydrogens is 208 g/mol. The molecule has 0 aromatic rings. The van der Waals surface area contributed by atoms with Gasteiger partial charge in [0.2, 0.25) is 0 Å². The molecule has 3 rings (SSSR count). The van der Waals surface area contributed by atoms with E-state index >= 15 is 0 Å². The Morgan fingerprint density at radius 3 is 1.67 bits per heavy atom. The Morgan fingerprint density at radius 2 is 1.20 bits per heavy atom. The molecule has 84 valence electrons. The molecule has 0 unspecified atom stereocenters. The van der Waals surface area contributed by atoms with Gasteiger partial charge in [-0.3, -0.25) is 0 Å². The second-order valence-corrected chi connectivity index (χ2v) is 4.58. The number of hydrogen-bond acceptors (Lipinski definition) is 2. The Bertz CT molecular complexity index is 258. The van der Waals surface area contributed by atoms with Crippen LogP contribution in [0.3, 0.4) is 0 Å². The highest BCUT2D eigenvalue weighted by molar-refractivity contribution is 5.85. The Balaban J connectivity index is 0.000000853. The van der Waals surface area contributed by atoms with Crippen LogP contribution in [0.4, 0.5) is 0 Å². The van der Waals surface area contributed by atoms with Crippen LogP contribution in [-0.4, -0.2) is 13.1 Å². The largest absolute Gasteiger partial charge is 0.388 e. The average molecular weight is 227 g/mol. The summed E-state index contributed by atoms with van der Waals surface area (Å²) in [5.41, 5.74) is 6.45. The van der Waals surface area contributed by atoms with Crippen LogP contribution >= 0.6 is 12.4 Å². The lowest BCUT2D eigenvalue weighted by Gasteiger charge is -2.32. The fourth-order valence-corrected chi connectivity index (χ4v) is 2.83.